The van der Waals surface area contributed by atoms with Crippen molar-refractivity contribution in [2.75, 3.05) is 26.2 Å². The summed E-state index contributed by atoms with van der Waals surface area (Å²) >= 11 is 1.72. The average molecular weight is 568 g/mol. The van der Waals surface area contributed by atoms with Crippen LogP contribution in [0.15, 0.2) is 55.6 Å². The zero-order valence-electron chi connectivity index (χ0n) is 24.0. The van der Waals surface area contributed by atoms with Gasteiger partial charge < -0.3 is 19.8 Å². The number of hydrogen-bond acceptors (Lipinski definition) is 5. The number of rotatable bonds is 15. The third-order valence-corrected chi connectivity index (χ3v) is 10.7. The van der Waals surface area contributed by atoms with Crippen molar-refractivity contribution in [3.05, 3.63) is 61.2 Å². The lowest BCUT2D eigenvalue weighted by atomic mass is 9.70. The summed E-state index contributed by atoms with van der Waals surface area (Å²) in [7, 11) is 0. The number of fused-ring (bicyclic) bond motifs is 1. The maximum absolute atomic E-state index is 14.3. The standard InChI is InChI=1S/C32H45N3O4S/c1-5-18-33(22-24-14-10-9-11-15-24)29(37)26-25-16-17-32(40-25)27(26)30(38)35(20-12-7-8-13-21-36)28(32)31(39)34(19-6-2)23(3)4/h5-6,9-11,14-15,23,25-28,36H,1-2,7-8,12-13,16-22H2,3-4H3/t25-,26+,27+,28?,32?/m1/s1. The molecular formula is C32H45N3O4S. The summed E-state index contributed by atoms with van der Waals surface area (Å²) in [5, 5.41) is 9.19. The Labute approximate surface area is 243 Å². The number of carbonyl (C=O) groups is 3. The molecule has 2 unspecified atom stereocenters. The van der Waals surface area contributed by atoms with Crippen molar-refractivity contribution in [1.29, 1.82) is 0 Å². The minimum Gasteiger partial charge on any atom is -0.396 e. The molecule has 1 aromatic carbocycles. The summed E-state index contributed by atoms with van der Waals surface area (Å²) in [4.78, 5) is 48.3. The van der Waals surface area contributed by atoms with E-state index in [0.717, 1.165) is 44.1 Å². The van der Waals surface area contributed by atoms with Crippen LogP contribution in [0.3, 0.4) is 0 Å². The molecule has 5 atom stereocenters. The van der Waals surface area contributed by atoms with Gasteiger partial charge in [0.2, 0.25) is 17.7 Å². The van der Waals surface area contributed by atoms with Crippen molar-refractivity contribution in [2.45, 2.75) is 81.0 Å². The quantitative estimate of drug-likeness (QED) is 0.253. The Morgan fingerprint density at radius 1 is 1.10 bits per heavy atom. The van der Waals surface area contributed by atoms with Gasteiger partial charge in [-0.25, -0.2) is 0 Å². The molecule has 1 aromatic rings. The van der Waals surface area contributed by atoms with Crippen molar-refractivity contribution in [1.82, 2.24) is 14.7 Å². The molecule has 3 fully saturated rings. The van der Waals surface area contributed by atoms with Gasteiger partial charge in [-0.05, 0) is 45.1 Å². The number of amides is 3. The molecule has 3 aliphatic rings. The number of aliphatic hydroxyl groups is 1. The number of benzene rings is 1. The lowest BCUT2D eigenvalue weighted by Crippen LogP contribution is -2.56. The predicted molar refractivity (Wildman–Crippen MR) is 160 cm³/mol. The van der Waals surface area contributed by atoms with E-state index in [9.17, 15) is 14.4 Å². The van der Waals surface area contributed by atoms with Crippen molar-refractivity contribution >= 4 is 29.5 Å². The van der Waals surface area contributed by atoms with Crippen LogP contribution in [0.1, 0.15) is 57.9 Å². The lowest BCUT2D eigenvalue weighted by molar-refractivity contribution is -0.145. The van der Waals surface area contributed by atoms with Crippen LogP contribution in [-0.2, 0) is 20.9 Å². The van der Waals surface area contributed by atoms with Gasteiger partial charge in [-0.1, -0.05) is 55.3 Å². The van der Waals surface area contributed by atoms with Gasteiger partial charge in [0, 0.05) is 44.1 Å². The first-order valence-electron chi connectivity index (χ1n) is 14.7. The molecule has 218 valence electrons. The molecule has 4 rings (SSSR count). The summed E-state index contributed by atoms with van der Waals surface area (Å²) < 4.78 is -0.592. The molecule has 8 heteroatoms. The number of thioether (sulfide) groups is 1. The van der Waals surface area contributed by atoms with E-state index in [4.69, 9.17) is 5.11 Å². The molecule has 0 saturated carbocycles. The van der Waals surface area contributed by atoms with Crippen LogP contribution in [0, 0.1) is 11.8 Å². The van der Waals surface area contributed by atoms with E-state index < -0.39 is 22.6 Å². The summed E-state index contributed by atoms with van der Waals surface area (Å²) in [6, 6.07) is 9.29. The zero-order chi connectivity index (χ0) is 28.9. The van der Waals surface area contributed by atoms with Crippen LogP contribution >= 0.6 is 11.8 Å². The van der Waals surface area contributed by atoms with Gasteiger partial charge in [0.1, 0.15) is 6.04 Å². The van der Waals surface area contributed by atoms with E-state index >= 15 is 0 Å². The molecule has 40 heavy (non-hydrogen) atoms. The Balaban J connectivity index is 1.66. The van der Waals surface area contributed by atoms with Gasteiger partial charge in [-0.2, -0.15) is 0 Å². The fraction of sp³-hybridized carbons (Fsp3) is 0.594. The lowest BCUT2D eigenvalue weighted by Gasteiger charge is -2.39. The van der Waals surface area contributed by atoms with Crippen molar-refractivity contribution in [2.24, 2.45) is 11.8 Å². The Hall–Kier alpha value is -2.58. The van der Waals surface area contributed by atoms with Gasteiger partial charge in [-0.3, -0.25) is 14.4 Å². The fourth-order valence-electron chi connectivity index (χ4n) is 6.96. The topological polar surface area (TPSA) is 81.2 Å². The highest BCUT2D eigenvalue weighted by molar-refractivity contribution is 8.02. The van der Waals surface area contributed by atoms with Crippen LogP contribution < -0.4 is 0 Å². The monoisotopic (exact) mass is 567 g/mol. The van der Waals surface area contributed by atoms with Crippen LogP contribution in [0.5, 0.6) is 0 Å². The molecule has 0 aliphatic carbocycles. The number of likely N-dealkylation sites (tertiary alicyclic amines) is 1. The Morgan fingerprint density at radius 2 is 1.80 bits per heavy atom. The first-order chi connectivity index (χ1) is 19.3. The molecule has 0 aromatic heterocycles. The minimum atomic E-state index is -0.592. The normalized spacial score (nSPS) is 26.7. The largest absolute Gasteiger partial charge is 0.396 e. The third-order valence-electron chi connectivity index (χ3n) is 8.74. The van der Waals surface area contributed by atoms with E-state index in [1.807, 2.05) is 58.9 Å². The van der Waals surface area contributed by atoms with E-state index in [0.29, 0.717) is 26.2 Å². The van der Waals surface area contributed by atoms with E-state index in [1.54, 1.807) is 23.9 Å². The molecule has 7 nitrogen and oxygen atoms in total. The third kappa shape index (κ3) is 5.75. The maximum atomic E-state index is 14.3. The SMILES string of the molecule is C=CCN(Cc1ccccc1)C(=O)[C@@H]1[C@H]2C(=O)N(CCCCCCO)C(C(=O)N(CC=C)C(C)C)C23CC[C@H]1S3. The number of nitrogens with zero attached hydrogens (tertiary/aromatic N) is 3. The Kier molecular flexibility index (Phi) is 10.2. The number of aliphatic hydroxyl groups excluding tert-OH is 1. The summed E-state index contributed by atoms with van der Waals surface area (Å²) in [6.07, 6.45) is 8.35. The second kappa shape index (κ2) is 13.4. The summed E-state index contributed by atoms with van der Waals surface area (Å²) in [6.45, 7) is 13.7. The maximum Gasteiger partial charge on any atom is 0.247 e. The second-order valence-electron chi connectivity index (χ2n) is 11.6. The summed E-state index contributed by atoms with van der Waals surface area (Å²) in [5.74, 6) is -1.04. The number of hydrogen-bond donors (Lipinski definition) is 1. The number of carbonyl (C=O) groups excluding carboxylic acids is 3. The fourth-order valence-corrected chi connectivity index (χ4v) is 9.16. The van der Waals surface area contributed by atoms with Crippen molar-refractivity contribution in [3.8, 4) is 0 Å². The first kappa shape index (κ1) is 30.4. The molecule has 3 saturated heterocycles. The van der Waals surface area contributed by atoms with E-state index in [-0.39, 0.29) is 35.6 Å². The van der Waals surface area contributed by atoms with Crippen LogP contribution in [0.4, 0.5) is 0 Å². The highest BCUT2D eigenvalue weighted by Crippen LogP contribution is 2.66. The molecule has 1 spiro atoms. The van der Waals surface area contributed by atoms with Crippen LogP contribution in [0.2, 0.25) is 0 Å². The minimum absolute atomic E-state index is 0.0102. The van der Waals surface area contributed by atoms with Crippen molar-refractivity contribution in [3.63, 3.8) is 0 Å². The van der Waals surface area contributed by atoms with Crippen molar-refractivity contribution < 1.29 is 19.5 Å². The van der Waals surface area contributed by atoms with E-state index in [2.05, 4.69) is 13.2 Å². The van der Waals surface area contributed by atoms with Gasteiger partial charge in [0.25, 0.3) is 0 Å². The number of unbranched alkanes of at least 4 members (excludes halogenated alkanes) is 3. The van der Waals surface area contributed by atoms with Gasteiger partial charge in [0.05, 0.1) is 16.6 Å². The van der Waals surface area contributed by atoms with Crippen LogP contribution in [0.25, 0.3) is 0 Å². The molecule has 3 amide bonds. The molecule has 3 aliphatic heterocycles. The highest BCUT2D eigenvalue weighted by atomic mass is 32.2. The van der Waals surface area contributed by atoms with Gasteiger partial charge >= 0.3 is 0 Å². The van der Waals surface area contributed by atoms with Crippen LogP contribution in [-0.4, -0.2) is 85.8 Å². The molecule has 1 N–H and O–H groups in total. The molecule has 2 bridgehead atoms. The smallest absolute Gasteiger partial charge is 0.247 e. The molecular weight excluding hydrogens is 522 g/mol. The Bertz CT molecular complexity index is 1080. The van der Waals surface area contributed by atoms with E-state index in [1.165, 1.54) is 0 Å². The Morgan fingerprint density at radius 3 is 2.45 bits per heavy atom. The summed E-state index contributed by atoms with van der Waals surface area (Å²) in [5.41, 5.74) is 1.04. The molecule has 3 heterocycles. The van der Waals surface area contributed by atoms with Gasteiger partial charge in [-0.15, -0.1) is 24.9 Å². The van der Waals surface area contributed by atoms with Gasteiger partial charge in [0.15, 0.2) is 0 Å². The highest BCUT2D eigenvalue weighted by Gasteiger charge is 2.74. The first-order valence-corrected chi connectivity index (χ1v) is 15.6. The second-order valence-corrected chi connectivity index (χ2v) is 13.2. The average Bonchev–Trinajstić information content (AvgIpc) is 3.58. The predicted octanol–water partition coefficient (Wildman–Crippen LogP) is 4.27. The zero-order valence-corrected chi connectivity index (χ0v) is 24.9. The molecule has 0 radical (unpaired) electrons.